The van der Waals surface area contributed by atoms with Crippen LogP contribution in [0, 0.1) is 0 Å². The molecule has 2 nitrogen and oxygen atoms in total. The number of benzene rings is 1. The fourth-order valence-electron chi connectivity index (χ4n) is 0.936. The molecule has 1 N–H and O–H groups in total. The Bertz CT molecular complexity index is 325. The summed E-state index contributed by atoms with van der Waals surface area (Å²) in [5.74, 6) is -0.0418. The van der Waals surface area contributed by atoms with Crippen molar-refractivity contribution in [3.05, 3.63) is 28.8 Å². The van der Waals surface area contributed by atoms with E-state index in [4.69, 9.17) is 16.7 Å². The molecule has 1 aromatic carbocycles. The number of thioether (sulfide) groups is 1. The number of aromatic carboxylic acids is 1. The Kier molecular flexibility index (Phi) is 3.63. The predicted molar refractivity (Wildman–Crippen MR) is 54.8 cm³/mol. The highest BCUT2D eigenvalue weighted by Crippen LogP contribution is 2.23. The molecule has 4 heteroatoms. The van der Waals surface area contributed by atoms with Crippen LogP contribution in [0.5, 0.6) is 0 Å². The van der Waals surface area contributed by atoms with E-state index in [1.165, 1.54) is 6.07 Å². The van der Waals surface area contributed by atoms with E-state index in [-0.39, 0.29) is 5.56 Å². The van der Waals surface area contributed by atoms with E-state index >= 15 is 0 Å². The fourth-order valence-corrected chi connectivity index (χ4v) is 1.99. The van der Waals surface area contributed by atoms with Gasteiger partial charge in [0.25, 0.3) is 0 Å². The quantitative estimate of drug-likeness (QED) is 0.789. The van der Waals surface area contributed by atoms with Crippen LogP contribution in [-0.2, 0) is 0 Å². The first-order valence-corrected chi connectivity index (χ1v) is 5.16. The maximum absolute atomic E-state index is 10.6. The molecule has 13 heavy (non-hydrogen) atoms. The van der Waals surface area contributed by atoms with Gasteiger partial charge in [0.1, 0.15) is 0 Å². The number of carbonyl (C=O) groups is 1. The molecule has 0 saturated carbocycles. The van der Waals surface area contributed by atoms with Crippen molar-refractivity contribution in [1.29, 1.82) is 0 Å². The molecule has 1 rings (SSSR count). The summed E-state index contributed by atoms with van der Waals surface area (Å²) in [6, 6.07) is 4.84. The van der Waals surface area contributed by atoms with Gasteiger partial charge in [-0.15, -0.1) is 11.8 Å². The highest BCUT2D eigenvalue weighted by atomic mass is 35.5. The van der Waals surface area contributed by atoms with E-state index in [1.807, 2.05) is 6.92 Å². The lowest BCUT2D eigenvalue weighted by Gasteiger charge is -2.01. The Labute approximate surface area is 85.9 Å². The molecule has 0 aliphatic heterocycles. The Morgan fingerprint density at radius 1 is 1.54 bits per heavy atom. The maximum atomic E-state index is 10.6. The first-order chi connectivity index (χ1) is 6.13. The van der Waals surface area contributed by atoms with Gasteiger partial charge >= 0.3 is 5.97 Å². The van der Waals surface area contributed by atoms with E-state index in [0.717, 1.165) is 10.6 Å². The molecule has 0 unspecified atom stereocenters. The van der Waals surface area contributed by atoms with Gasteiger partial charge in [0.2, 0.25) is 0 Å². The second-order valence-electron chi connectivity index (χ2n) is 2.41. The van der Waals surface area contributed by atoms with Gasteiger partial charge in [-0.25, -0.2) is 4.79 Å². The predicted octanol–water partition coefficient (Wildman–Crippen LogP) is 3.15. The molecule has 0 heterocycles. The number of hydrogen-bond acceptors (Lipinski definition) is 2. The molecule has 0 radical (unpaired) electrons. The normalized spacial score (nSPS) is 10.0. The molecule has 0 fully saturated rings. The van der Waals surface area contributed by atoms with Gasteiger partial charge in [-0.05, 0) is 24.0 Å². The van der Waals surface area contributed by atoms with Crippen molar-refractivity contribution in [2.45, 2.75) is 11.8 Å². The minimum Gasteiger partial charge on any atom is -0.478 e. The van der Waals surface area contributed by atoms with Gasteiger partial charge in [0, 0.05) is 9.92 Å². The summed E-state index contributed by atoms with van der Waals surface area (Å²) in [5.41, 5.74) is 0.239. The van der Waals surface area contributed by atoms with Crippen molar-refractivity contribution < 1.29 is 9.90 Å². The largest absolute Gasteiger partial charge is 0.478 e. The molecule has 0 atom stereocenters. The van der Waals surface area contributed by atoms with Crippen molar-refractivity contribution in [2.24, 2.45) is 0 Å². The highest BCUT2D eigenvalue weighted by molar-refractivity contribution is 7.99. The SMILES string of the molecule is CCSc1cc(Cl)cc(C(=O)O)c1. The summed E-state index contributed by atoms with van der Waals surface area (Å²) < 4.78 is 0. The van der Waals surface area contributed by atoms with Crippen molar-refractivity contribution in [3.63, 3.8) is 0 Å². The van der Waals surface area contributed by atoms with Crippen LogP contribution in [-0.4, -0.2) is 16.8 Å². The summed E-state index contributed by atoms with van der Waals surface area (Å²) >= 11 is 7.33. The van der Waals surface area contributed by atoms with Crippen molar-refractivity contribution in [3.8, 4) is 0 Å². The minimum atomic E-state index is -0.944. The molecule has 70 valence electrons. The average Bonchev–Trinajstić information content (AvgIpc) is 2.03. The molecule has 0 amide bonds. The Hall–Kier alpha value is -0.670. The summed E-state index contributed by atoms with van der Waals surface area (Å²) in [6.07, 6.45) is 0. The number of hydrogen-bond donors (Lipinski definition) is 1. The number of carboxylic acids is 1. The highest BCUT2D eigenvalue weighted by Gasteiger charge is 2.05. The van der Waals surface area contributed by atoms with E-state index < -0.39 is 5.97 Å². The van der Waals surface area contributed by atoms with Crippen molar-refractivity contribution >= 4 is 29.3 Å². The lowest BCUT2D eigenvalue weighted by atomic mass is 10.2. The minimum absolute atomic E-state index is 0.239. The average molecular weight is 217 g/mol. The van der Waals surface area contributed by atoms with Crippen LogP contribution in [0.3, 0.4) is 0 Å². The molecular formula is C9H9ClO2S. The third-order valence-corrected chi connectivity index (χ3v) is 2.51. The van der Waals surface area contributed by atoms with Crippen LogP contribution in [0.2, 0.25) is 5.02 Å². The van der Waals surface area contributed by atoms with Crippen LogP contribution in [0.25, 0.3) is 0 Å². The molecule has 0 bridgehead atoms. The monoisotopic (exact) mass is 216 g/mol. The van der Waals surface area contributed by atoms with Crippen LogP contribution >= 0.6 is 23.4 Å². The maximum Gasteiger partial charge on any atom is 0.335 e. The smallest absolute Gasteiger partial charge is 0.335 e. The van der Waals surface area contributed by atoms with Gasteiger partial charge in [-0.2, -0.15) is 0 Å². The van der Waals surface area contributed by atoms with E-state index in [2.05, 4.69) is 0 Å². The first kappa shape index (κ1) is 10.4. The number of halogens is 1. The zero-order valence-electron chi connectivity index (χ0n) is 7.08. The molecular weight excluding hydrogens is 208 g/mol. The zero-order valence-corrected chi connectivity index (χ0v) is 8.65. The van der Waals surface area contributed by atoms with Gasteiger partial charge in [0.05, 0.1) is 5.56 Å². The van der Waals surface area contributed by atoms with E-state index in [9.17, 15) is 4.79 Å². The van der Waals surface area contributed by atoms with Crippen LogP contribution in [0.1, 0.15) is 17.3 Å². The van der Waals surface area contributed by atoms with Crippen molar-refractivity contribution in [1.82, 2.24) is 0 Å². The topological polar surface area (TPSA) is 37.3 Å². The molecule has 0 spiro atoms. The summed E-state index contributed by atoms with van der Waals surface area (Å²) in [6.45, 7) is 2.01. The summed E-state index contributed by atoms with van der Waals surface area (Å²) in [4.78, 5) is 11.5. The fraction of sp³-hybridized carbons (Fsp3) is 0.222. The van der Waals surface area contributed by atoms with Crippen LogP contribution < -0.4 is 0 Å². The Morgan fingerprint density at radius 2 is 2.23 bits per heavy atom. The lowest BCUT2D eigenvalue weighted by Crippen LogP contribution is -1.95. The van der Waals surface area contributed by atoms with E-state index in [0.29, 0.717) is 5.02 Å². The van der Waals surface area contributed by atoms with Crippen LogP contribution in [0.4, 0.5) is 0 Å². The van der Waals surface area contributed by atoms with Crippen molar-refractivity contribution in [2.75, 3.05) is 5.75 Å². The standard InChI is InChI=1S/C9H9ClO2S/c1-2-13-8-4-6(9(11)12)3-7(10)5-8/h3-5H,2H2,1H3,(H,11,12). The zero-order chi connectivity index (χ0) is 9.84. The first-order valence-electron chi connectivity index (χ1n) is 3.80. The second kappa shape index (κ2) is 4.53. The van der Waals surface area contributed by atoms with E-state index in [1.54, 1.807) is 23.9 Å². The third-order valence-electron chi connectivity index (χ3n) is 1.43. The van der Waals surface area contributed by atoms with Gasteiger partial charge in [0.15, 0.2) is 0 Å². The van der Waals surface area contributed by atoms with Gasteiger partial charge in [-0.3, -0.25) is 0 Å². The third kappa shape index (κ3) is 2.94. The lowest BCUT2D eigenvalue weighted by molar-refractivity contribution is 0.0696. The molecule has 1 aromatic rings. The second-order valence-corrected chi connectivity index (χ2v) is 4.19. The molecule has 0 aliphatic rings. The summed E-state index contributed by atoms with van der Waals surface area (Å²) in [5, 5.41) is 9.20. The van der Waals surface area contributed by atoms with Gasteiger partial charge < -0.3 is 5.11 Å². The van der Waals surface area contributed by atoms with Gasteiger partial charge in [-0.1, -0.05) is 18.5 Å². The number of rotatable bonds is 3. The summed E-state index contributed by atoms with van der Waals surface area (Å²) in [7, 11) is 0. The Balaban J connectivity index is 3.03. The Morgan fingerprint density at radius 3 is 2.77 bits per heavy atom. The van der Waals surface area contributed by atoms with Crippen LogP contribution in [0.15, 0.2) is 23.1 Å². The number of carboxylic acid groups (broad SMARTS) is 1. The molecule has 0 aliphatic carbocycles. The molecule has 0 saturated heterocycles. The molecule has 0 aromatic heterocycles.